The van der Waals surface area contributed by atoms with E-state index in [0.717, 1.165) is 9.13 Å². The first-order valence-corrected chi connectivity index (χ1v) is 8.56. The van der Waals surface area contributed by atoms with E-state index in [1.807, 2.05) is 24.3 Å². The van der Waals surface area contributed by atoms with Gasteiger partial charge in [0.2, 0.25) is 5.91 Å². The van der Waals surface area contributed by atoms with Crippen molar-refractivity contribution in [2.24, 2.45) is 5.73 Å². The molecule has 1 atom stereocenters. The maximum Gasteiger partial charge on any atom is 0.308 e. The average molecular weight is 452 g/mol. The zero-order valence-corrected chi connectivity index (χ0v) is 15.6. The second kappa shape index (κ2) is 8.61. The summed E-state index contributed by atoms with van der Waals surface area (Å²) in [6, 6.07) is 12.9. The van der Waals surface area contributed by atoms with Crippen LogP contribution in [0.5, 0.6) is 5.75 Å². The Kier molecular flexibility index (Phi) is 6.51. The van der Waals surface area contributed by atoms with Gasteiger partial charge in [0.15, 0.2) is 0 Å². The summed E-state index contributed by atoms with van der Waals surface area (Å²) in [6.45, 7) is 1.27. The molecule has 0 bridgehead atoms. The van der Waals surface area contributed by atoms with Crippen LogP contribution in [-0.4, -0.2) is 23.8 Å². The van der Waals surface area contributed by atoms with Gasteiger partial charge in [-0.15, -0.1) is 0 Å². The number of nitrogens with one attached hydrogen (secondary N) is 1. The molecule has 2 aromatic rings. The van der Waals surface area contributed by atoms with Crippen molar-refractivity contribution in [3.8, 4) is 5.75 Å². The summed E-state index contributed by atoms with van der Waals surface area (Å²) in [5, 5.41) is 2.62. The van der Waals surface area contributed by atoms with Crippen molar-refractivity contribution in [2.75, 3.05) is 0 Å². The zero-order valence-electron chi connectivity index (χ0n) is 13.5. The Morgan fingerprint density at radius 1 is 1.16 bits per heavy atom. The molecule has 25 heavy (non-hydrogen) atoms. The van der Waals surface area contributed by atoms with E-state index in [1.165, 1.54) is 13.0 Å². The van der Waals surface area contributed by atoms with Crippen molar-refractivity contribution in [1.29, 1.82) is 0 Å². The van der Waals surface area contributed by atoms with Crippen LogP contribution < -0.4 is 15.8 Å². The van der Waals surface area contributed by atoms with Gasteiger partial charge in [-0.3, -0.25) is 14.4 Å². The molecule has 2 aromatic carbocycles. The summed E-state index contributed by atoms with van der Waals surface area (Å²) in [6.07, 6.45) is 0.293. The van der Waals surface area contributed by atoms with Crippen LogP contribution in [0.25, 0.3) is 0 Å². The van der Waals surface area contributed by atoms with Gasteiger partial charge in [0.25, 0.3) is 5.91 Å². The van der Waals surface area contributed by atoms with Gasteiger partial charge in [0.05, 0.1) is 0 Å². The first-order valence-electron chi connectivity index (χ1n) is 7.48. The van der Waals surface area contributed by atoms with Crippen LogP contribution in [0.2, 0.25) is 0 Å². The highest BCUT2D eigenvalue weighted by molar-refractivity contribution is 14.1. The Balaban J connectivity index is 2.11. The number of benzene rings is 2. The van der Waals surface area contributed by atoms with E-state index in [0.29, 0.717) is 6.42 Å². The van der Waals surface area contributed by atoms with Crippen molar-refractivity contribution in [3.63, 3.8) is 0 Å². The highest BCUT2D eigenvalue weighted by atomic mass is 127. The topological polar surface area (TPSA) is 98.5 Å². The van der Waals surface area contributed by atoms with Crippen molar-refractivity contribution < 1.29 is 19.1 Å². The molecule has 2 rings (SSSR count). The zero-order chi connectivity index (χ0) is 18.4. The molecule has 0 saturated heterocycles. The van der Waals surface area contributed by atoms with Gasteiger partial charge in [0.1, 0.15) is 11.8 Å². The standard InChI is InChI=1S/C18H17IN2O4/c1-11(22)25-15-4-2-3-13(10-15)18(24)21-16(17(20)23)9-12-5-7-14(19)8-6-12/h2-8,10,16H,9H2,1H3,(H2,20,23)(H,21,24)/t16-/m0/s1. The van der Waals surface area contributed by atoms with Crippen LogP contribution in [0.3, 0.4) is 0 Å². The van der Waals surface area contributed by atoms with Gasteiger partial charge in [-0.2, -0.15) is 0 Å². The van der Waals surface area contributed by atoms with E-state index in [4.69, 9.17) is 10.5 Å². The summed E-state index contributed by atoms with van der Waals surface area (Å²) in [4.78, 5) is 35.1. The number of ether oxygens (including phenoxy) is 1. The van der Waals surface area contributed by atoms with Gasteiger partial charge < -0.3 is 15.8 Å². The van der Waals surface area contributed by atoms with Crippen molar-refractivity contribution in [3.05, 3.63) is 63.2 Å². The van der Waals surface area contributed by atoms with Gasteiger partial charge in [-0.05, 0) is 58.5 Å². The minimum atomic E-state index is -0.843. The van der Waals surface area contributed by atoms with Crippen LogP contribution in [0.4, 0.5) is 0 Å². The molecule has 6 nitrogen and oxygen atoms in total. The number of nitrogens with two attached hydrogens (primary N) is 1. The van der Waals surface area contributed by atoms with Crippen LogP contribution in [0, 0.1) is 3.57 Å². The third kappa shape index (κ3) is 5.86. The largest absolute Gasteiger partial charge is 0.427 e. The van der Waals surface area contributed by atoms with E-state index in [9.17, 15) is 14.4 Å². The quantitative estimate of drug-likeness (QED) is 0.398. The van der Waals surface area contributed by atoms with Gasteiger partial charge in [0, 0.05) is 22.5 Å². The van der Waals surface area contributed by atoms with E-state index in [1.54, 1.807) is 18.2 Å². The lowest BCUT2D eigenvalue weighted by Crippen LogP contribution is -2.45. The molecular weight excluding hydrogens is 435 g/mol. The molecule has 7 heteroatoms. The number of esters is 1. The number of amides is 2. The van der Waals surface area contributed by atoms with Crippen LogP contribution >= 0.6 is 22.6 Å². The lowest BCUT2D eigenvalue weighted by molar-refractivity contribution is -0.131. The Morgan fingerprint density at radius 2 is 1.84 bits per heavy atom. The molecule has 0 aliphatic heterocycles. The molecule has 0 aromatic heterocycles. The summed E-state index contributed by atoms with van der Waals surface area (Å²) < 4.78 is 6.03. The summed E-state index contributed by atoms with van der Waals surface area (Å²) in [5.41, 5.74) is 6.57. The van der Waals surface area contributed by atoms with E-state index in [2.05, 4.69) is 27.9 Å². The summed E-state index contributed by atoms with van der Waals surface area (Å²) in [5.74, 6) is -1.31. The van der Waals surface area contributed by atoms with Gasteiger partial charge >= 0.3 is 5.97 Å². The molecule has 0 saturated carbocycles. The molecule has 0 spiro atoms. The first-order chi connectivity index (χ1) is 11.8. The number of hydrogen-bond donors (Lipinski definition) is 2. The molecule has 0 heterocycles. The Labute approximate surface area is 158 Å². The number of hydrogen-bond acceptors (Lipinski definition) is 4. The first kappa shape index (κ1) is 18.9. The smallest absolute Gasteiger partial charge is 0.308 e. The van der Waals surface area contributed by atoms with Crippen molar-refractivity contribution >= 4 is 40.4 Å². The molecule has 0 aliphatic carbocycles. The molecule has 130 valence electrons. The minimum Gasteiger partial charge on any atom is -0.427 e. The predicted molar refractivity (Wildman–Crippen MR) is 101 cm³/mol. The number of rotatable bonds is 6. The Hall–Kier alpha value is -2.42. The normalized spacial score (nSPS) is 11.4. The number of carbonyl (C=O) groups is 3. The summed E-state index contributed by atoms with van der Waals surface area (Å²) >= 11 is 2.19. The SMILES string of the molecule is CC(=O)Oc1cccc(C(=O)N[C@@H](Cc2ccc(I)cc2)C(N)=O)c1. The fourth-order valence-electron chi connectivity index (χ4n) is 2.19. The van der Waals surface area contributed by atoms with E-state index >= 15 is 0 Å². The molecular formula is C18H17IN2O4. The Bertz CT molecular complexity index is 790. The second-order valence-electron chi connectivity index (χ2n) is 5.38. The third-order valence-corrected chi connectivity index (χ3v) is 4.08. The molecule has 0 unspecified atom stereocenters. The number of carbonyl (C=O) groups excluding carboxylic acids is 3. The van der Waals surface area contributed by atoms with E-state index < -0.39 is 23.8 Å². The monoisotopic (exact) mass is 452 g/mol. The van der Waals surface area contributed by atoms with Gasteiger partial charge in [-0.25, -0.2) is 0 Å². The minimum absolute atomic E-state index is 0.258. The highest BCUT2D eigenvalue weighted by Crippen LogP contribution is 2.14. The number of primary amides is 1. The molecule has 3 N–H and O–H groups in total. The van der Waals surface area contributed by atoms with Crippen LogP contribution in [0.15, 0.2) is 48.5 Å². The van der Waals surface area contributed by atoms with Gasteiger partial charge in [-0.1, -0.05) is 18.2 Å². The molecule has 0 aliphatic rings. The maximum absolute atomic E-state index is 12.4. The molecule has 0 fully saturated rings. The fraction of sp³-hybridized carbons (Fsp3) is 0.167. The summed E-state index contributed by atoms with van der Waals surface area (Å²) in [7, 11) is 0. The average Bonchev–Trinajstić information content (AvgIpc) is 2.55. The van der Waals surface area contributed by atoms with Crippen LogP contribution in [-0.2, 0) is 16.0 Å². The third-order valence-electron chi connectivity index (χ3n) is 3.36. The fourth-order valence-corrected chi connectivity index (χ4v) is 2.55. The van der Waals surface area contributed by atoms with Crippen molar-refractivity contribution in [2.45, 2.75) is 19.4 Å². The lowest BCUT2D eigenvalue weighted by Gasteiger charge is -2.16. The molecule has 0 radical (unpaired) electrons. The predicted octanol–water partition coefficient (Wildman–Crippen LogP) is 2.04. The second-order valence-corrected chi connectivity index (χ2v) is 6.63. The van der Waals surface area contributed by atoms with Crippen molar-refractivity contribution in [1.82, 2.24) is 5.32 Å². The molecule has 2 amide bonds. The highest BCUT2D eigenvalue weighted by Gasteiger charge is 2.20. The Morgan fingerprint density at radius 3 is 2.44 bits per heavy atom. The lowest BCUT2D eigenvalue weighted by atomic mass is 10.0. The maximum atomic E-state index is 12.4. The number of halogens is 1. The van der Waals surface area contributed by atoms with Crippen LogP contribution in [0.1, 0.15) is 22.8 Å². The van der Waals surface area contributed by atoms with E-state index in [-0.39, 0.29) is 11.3 Å².